The molecule has 5 heteroatoms. The summed E-state index contributed by atoms with van der Waals surface area (Å²) in [5.74, 6) is -0.282. The third-order valence-corrected chi connectivity index (χ3v) is 2.92. The highest BCUT2D eigenvalue weighted by molar-refractivity contribution is 5.94. The van der Waals surface area contributed by atoms with Crippen molar-refractivity contribution in [3.05, 3.63) is 35.4 Å². The number of hydrogen-bond donors (Lipinski definition) is 2. The van der Waals surface area contributed by atoms with Gasteiger partial charge in [0.2, 0.25) is 0 Å². The summed E-state index contributed by atoms with van der Waals surface area (Å²) in [6.07, 6.45) is 1.84. The molecule has 0 bridgehead atoms. The highest BCUT2D eigenvalue weighted by Crippen LogP contribution is 2.21. The van der Waals surface area contributed by atoms with Crippen LogP contribution in [0, 0.1) is 6.92 Å². The number of pyridine rings is 1. The normalized spacial score (nSPS) is 12.9. The van der Waals surface area contributed by atoms with E-state index in [1.165, 1.54) is 0 Å². The Morgan fingerprint density at radius 1 is 1.59 bits per heavy atom. The van der Waals surface area contributed by atoms with Gasteiger partial charge in [-0.3, -0.25) is 0 Å². The third-order valence-electron chi connectivity index (χ3n) is 2.92. The van der Waals surface area contributed by atoms with Gasteiger partial charge in [0.15, 0.2) is 5.69 Å². The molecule has 2 N–H and O–H groups in total. The van der Waals surface area contributed by atoms with Crippen LogP contribution in [-0.4, -0.2) is 27.5 Å². The lowest BCUT2D eigenvalue weighted by Crippen LogP contribution is -2.15. The van der Waals surface area contributed by atoms with Crippen molar-refractivity contribution in [3.8, 4) is 0 Å². The third kappa shape index (κ3) is 1.78. The molecule has 0 fully saturated rings. The Morgan fingerprint density at radius 2 is 2.29 bits per heavy atom. The van der Waals surface area contributed by atoms with Crippen LogP contribution in [0.4, 0.5) is 0 Å². The Bertz CT molecular complexity index is 574. The van der Waals surface area contributed by atoms with Crippen LogP contribution < -0.4 is 5.32 Å². The van der Waals surface area contributed by atoms with Crippen LogP contribution >= 0.6 is 0 Å². The molecule has 5 nitrogen and oxygen atoms in total. The maximum atomic E-state index is 11.2. The molecule has 0 aliphatic heterocycles. The molecule has 2 aromatic rings. The average Bonchev–Trinajstić information content (AvgIpc) is 2.69. The van der Waals surface area contributed by atoms with Crippen molar-refractivity contribution in [2.45, 2.75) is 19.9 Å². The zero-order valence-corrected chi connectivity index (χ0v) is 10.1. The number of nitrogens with zero attached hydrogens (tertiary/aromatic N) is 2. The molecule has 0 radical (unpaired) electrons. The molecule has 1 unspecified atom stereocenters. The number of carboxylic acids is 1. The first-order chi connectivity index (χ1) is 8.06. The maximum Gasteiger partial charge on any atom is 0.356 e. The fourth-order valence-corrected chi connectivity index (χ4v) is 1.91. The second kappa shape index (κ2) is 4.18. The van der Waals surface area contributed by atoms with Crippen LogP contribution in [-0.2, 0) is 0 Å². The average molecular weight is 233 g/mol. The first kappa shape index (κ1) is 11.6. The minimum Gasteiger partial charge on any atom is -0.476 e. The number of imidazole rings is 1. The quantitative estimate of drug-likeness (QED) is 0.845. The number of aryl methyl sites for hydroxylation is 1. The van der Waals surface area contributed by atoms with E-state index in [0.29, 0.717) is 11.3 Å². The van der Waals surface area contributed by atoms with Crippen molar-refractivity contribution in [1.29, 1.82) is 0 Å². The van der Waals surface area contributed by atoms with Gasteiger partial charge in [0.05, 0.1) is 11.6 Å². The van der Waals surface area contributed by atoms with E-state index in [1.54, 1.807) is 0 Å². The molecule has 0 spiro atoms. The van der Waals surface area contributed by atoms with E-state index in [2.05, 4.69) is 10.3 Å². The molecular formula is C12H15N3O2. The molecule has 2 heterocycles. The summed E-state index contributed by atoms with van der Waals surface area (Å²) in [5.41, 5.74) is 1.68. The molecule has 0 amide bonds. The van der Waals surface area contributed by atoms with Crippen molar-refractivity contribution in [3.63, 3.8) is 0 Å². The van der Waals surface area contributed by atoms with E-state index < -0.39 is 5.97 Å². The van der Waals surface area contributed by atoms with E-state index in [0.717, 1.165) is 5.56 Å². The summed E-state index contributed by atoms with van der Waals surface area (Å²) in [7, 11) is 1.82. The van der Waals surface area contributed by atoms with Gasteiger partial charge in [0, 0.05) is 6.20 Å². The van der Waals surface area contributed by atoms with E-state index in [9.17, 15) is 9.90 Å². The standard InChI is InChI=1S/C12H15N3O2/c1-7-5-4-6-15-10(7)9(12(16)17)14-11(15)8(2)13-3/h4-6,8,13H,1-3H3,(H,16,17). The first-order valence-electron chi connectivity index (χ1n) is 5.44. The van der Waals surface area contributed by atoms with Gasteiger partial charge in [-0.05, 0) is 32.5 Å². The maximum absolute atomic E-state index is 11.2. The van der Waals surface area contributed by atoms with Gasteiger partial charge >= 0.3 is 5.97 Å². The van der Waals surface area contributed by atoms with Gasteiger partial charge in [0.25, 0.3) is 0 Å². The number of carbonyl (C=O) groups is 1. The molecule has 1 atom stereocenters. The smallest absolute Gasteiger partial charge is 0.356 e. The number of hydrogen-bond acceptors (Lipinski definition) is 3. The van der Waals surface area contributed by atoms with Gasteiger partial charge in [-0.25, -0.2) is 9.78 Å². The number of nitrogens with one attached hydrogen (secondary N) is 1. The predicted octanol–water partition coefficient (Wildman–Crippen LogP) is 1.62. The second-order valence-electron chi connectivity index (χ2n) is 4.04. The summed E-state index contributed by atoms with van der Waals surface area (Å²) in [4.78, 5) is 15.4. The lowest BCUT2D eigenvalue weighted by Gasteiger charge is -2.08. The van der Waals surface area contributed by atoms with E-state index >= 15 is 0 Å². The zero-order valence-electron chi connectivity index (χ0n) is 10.1. The topological polar surface area (TPSA) is 66.6 Å². The molecule has 0 aliphatic carbocycles. The molecule has 17 heavy (non-hydrogen) atoms. The van der Waals surface area contributed by atoms with Crippen molar-refractivity contribution in [1.82, 2.24) is 14.7 Å². The highest BCUT2D eigenvalue weighted by atomic mass is 16.4. The van der Waals surface area contributed by atoms with Crippen molar-refractivity contribution in [2.24, 2.45) is 0 Å². The van der Waals surface area contributed by atoms with Gasteiger partial charge < -0.3 is 14.8 Å². The number of aromatic carboxylic acids is 1. The molecule has 0 aliphatic rings. The monoisotopic (exact) mass is 233 g/mol. The molecule has 0 saturated carbocycles. The molecule has 90 valence electrons. The summed E-state index contributed by atoms with van der Waals surface area (Å²) in [6.45, 7) is 3.83. The molecule has 2 rings (SSSR count). The van der Waals surface area contributed by atoms with Gasteiger partial charge in [0.1, 0.15) is 5.82 Å². The van der Waals surface area contributed by atoms with E-state index in [-0.39, 0.29) is 11.7 Å². The zero-order chi connectivity index (χ0) is 12.6. The fraction of sp³-hybridized carbons (Fsp3) is 0.333. The largest absolute Gasteiger partial charge is 0.476 e. The lowest BCUT2D eigenvalue weighted by molar-refractivity contribution is 0.0693. The van der Waals surface area contributed by atoms with Gasteiger partial charge in [-0.1, -0.05) is 6.07 Å². The number of aromatic nitrogens is 2. The van der Waals surface area contributed by atoms with Crippen LogP contribution in [0.25, 0.3) is 5.52 Å². The Balaban J connectivity index is 2.80. The predicted molar refractivity (Wildman–Crippen MR) is 64.4 cm³/mol. The van der Waals surface area contributed by atoms with Crippen LogP contribution in [0.15, 0.2) is 18.3 Å². The fourth-order valence-electron chi connectivity index (χ4n) is 1.91. The van der Waals surface area contributed by atoms with Crippen molar-refractivity contribution < 1.29 is 9.90 Å². The summed E-state index contributed by atoms with van der Waals surface area (Å²) < 4.78 is 1.83. The summed E-state index contributed by atoms with van der Waals surface area (Å²) >= 11 is 0. The first-order valence-corrected chi connectivity index (χ1v) is 5.44. The molecule has 0 saturated heterocycles. The Kier molecular flexibility index (Phi) is 2.85. The van der Waals surface area contributed by atoms with Gasteiger partial charge in [-0.2, -0.15) is 0 Å². The highest BCUT2D eigenvalue weighted by Gasteiger charge is 2.20. The molecular weight excluding hydrogens is 218 g/mol. The minimum absolute atomic E-state index is 0.00241. The number of fused-ring (bicyclic) bond motifs is 1. The minimum atomic E-state index is -0.994. The lowest BCUT2D eigenvalue weighted by atomic mass is 10.2. The van der Waals surface area contributed by atoms with Crippen LogP contribution in [0.3, 0.4) is 0 Å². The Morgan fingerprint density at radius 3 is 2.88 bits per heavy atom. The Hall–Kier alpha value is -1.88. The summed E-state index contributed by atoms with van der Waals surface area (Å²) in [5, 5.41) is 12.2. The van der Waals surface area contributed by atoms with Crippen molar-refractivity contribution >= 4 is 11.5 Å². The number of carboxylic acid groups (broad SMARTS) is 1. The summed E-state index contributed by atoms with van der Waals surface area (Å²) in [6, 6.07) is 3.77. The van der Waals surface area contributed by atoms with Crippen LogP contribution in [0.2, 0.25) is 0 Å². The Labute approximate surface area is 99.1 Å². The molecule has 0 aromatic carbocycles. The molecule has 2 aromatic heterocycles. The number of rotatable bonds is 3. The van der Waals surface area contributed by atoms with Crippen molar-refractivity contribution in [2.75, 3.05) is 7.05 Å². The van der Waals surface area contributed by atoms with E-state index in [4.69, 9.17) is 0 Å². The second-order valence-corrected chi connectivity index (χ2v) is 4.04. The van der Waals surface area contributed by atoms with Gasteiger partial charge in [-0.15, -0.1) is 0 Å². The van der Waals surface area contributed by atoms with Crippen LogP contribution in [0.5, 0.6) is 0 Å². The van der Waals surface area contributed by atoms with Crippen LogP contribution in [0.1, 0.15) is 34.8 Å². The SMILES string of the molecule is CNC(C)c1nc(C(=O)O)c2c(C)cccn12. The van der Waals surface area contributed by atoms with E-state index in [1.807, 2.05) is 43.6 Å².